The summed E-state index contributed by atoms with van der Waals surface area (Å²) in [5.41, 5.74) is 3.88. The van der Waals surface area contributed by atoms with E-state index in [1.165, 1.54) is 4.88 Å². The Kier molecular flexibility index (Phi) is 3.89. The molecule has 0 fully saturated rings. The maximum Gasteiger partial charge on any atom is 0.121 e. The zero-order chi connectivity index (χ0) is 13.9. The highest BCUT2D eigenvalue weighted by Crippen LogP contribution is 2.24. The number of aryl methyl sites for hydroxylation is 1. The second kappa shape index (κ2) is 5.81. The van der Waals surface area contributed by atoms with Crippen LogP contribution in [0.4, 0.5) is 0 Å². The number of halogens is 1. The summed E-state index contributed by atoms with van der Waals surface area (Å²) in [5, 5.41) is 0. The largest absolute Gasteiger partial charge is 0.497 e. The van der Waals surface area contributed by atoms with Crippen LogP contribution in [0.1, 0.15) is 10.7 Å². The topological polar surface area (TPSA) is 39.9 Å². The summed E-state index contributed by atoms with van der Waals surface area (Å²) in [6.07, 6.45) is 2.64. The minimum Gasteiger partial charge on any atom is -0.497 e. The molecular weight excluding hydrogens is 294 g/mol. The second-order valence-corrected chi connectivity index (χ2v) is 5.72. The molecule has 0 saturated carbocycles. The van der Waals surface area contributed by atoms with Crippen LogP contribution in [0.2, 0.25) is 0 Å². The van der Waals surface area contributed by atoms with E-state index in [0.29, 0.717) is 5.88 Å². The molecule has 0 atom stereocenters. The Hall–Kier alpha value is -1.59. The van der Waals surface area contributed by atoms with Gasteiger partial charge in [0.15, 0.2) is 0 Å². The number of benzene rings is 1. The van der Waals surface area contributed by atoms with Crippen molar-refractivity contribution in [2.24, 2.45) is 0 Å². The maximum atomic E-state index is 5.89. The fourth-order valence-corrected chi connectivity index (χ4v) is 2.96. The fraction of sp³-hybridized carbons (Fsp3) is 0.286. The predicted octanol–water partition coefficient (Wildman–Crippen LogP) is 3.33. The van der Waals surface area contributed by atoms with E-state index in [0.717, 1.165) is 35.6 Å². The zero-order valence-electron chi connectivity index (χ0n) is 11.0. The van der Waals surface area contributed by atoms with Crippen LogP contribution in [-0.2, 0) is 13.0 Å². The molecule has 0 unspecified atom stereocenters. The first-order valence-corrected chi connectivity index (χ1v) is 7.69. The first-order chi connectivity index (χ1) is 9.81. The quantitative estimate of drug-likeness (QED) is 0.679. The third-order valence-electron chi connectivity index (χ3n) is 3.15. The molecule has 104 valence electrons. The number of ether oxygens (including phenoxy) is 1. The van der Waals surface area contributed by atoms with Crippen molar-refractivity contribution in [2.45, 2.75) is 13.0 Å². The maximum absolute atomic E-state index is 5.89. The van der Waals surface area contributed by atoms with Gasteiger partial charge in [0.2, 0.25) is 0 Å². The van der Waals surface area contributed by atoms with E-state index < -0.39 is 0 Å². The van der Waals surface area contributed by atoms with E-state index in [9.17, 15) is 0 Å². The van der Waals surface area contributed by atoms with E-state index in [4.69, 9.17) is 16.3 Å². The highest BCUT2D eigenvalue weighted by Gasteiger charge is 2.12. The Morgan fingerprint density at radius 3 is 3.00 bits per heavy atom. The molecular formula is C14H14ClN3OS. The summed E-state index contributed by atoms with van der Waals surface area (Å²) in [4.78, 5) is 9.99. The molecule has 3 rings (SSSR count). The van der Waals surface area contributed by atoms with Crippen LogP contribution in [0.3, 0.4) is 0 Å². The molecule has 20 heavy (non-hydrogen) atoms. The van der Waals surface area contributed by atoms with Crippen molar-refractivity contribution in [2.75, 3.05) is 13.0 Å². The molecule has 0 N–H and O–H groups in total. The lowest BCUT2D eigenvalue weighted by molar-refractivity contribution is 0.415. The number of fused-ring (bicyclic) bond motifs is 1. The summed E-state index contributed by atoms with van der Waals surface area (Å²) in [6.45, 7) is 0.764. The van der Waals surface area contributed by atoms with Crippen molar-refractivity contribution in [1.29, 1.82) is 0 Å². The Bertz CT molecular complexity index is 709. The third-order valence-corrected chi connectivity index (χ3v) is 4.10. The lowest BCUT2D eigenvalue weighted by atomic mass is 10.3. The third kappa shape index (κ3) is 2.51. The molecule has 0 aliphatic carbocycles. The number of methoxy groups -OCH3 is 1. The predicted molar refractivity (Wildman–Crippen MR) is 81.9 cm³/mol. The molecule has 6 heteroatoms. The van der Waals surface area contributed by atoms with Gasteiger partial charge in [-0.2, -0.15) is 0 Å². The van der Waals surface area contributed by atoms with Crippen LogP contribution < -0.4 is 4.74 Å². The molecule has 0 aliphatic rings. The molecule has 2 aromatic heterocycles. The van der Waals surface area contributed by atoms with Gasteiger partial charge in [0, 0.05) is 29.4 Å². The average molecular weight is 308 g/mol. The van der Waals surface area contributed by atoms with Crippen LogP contribution in [0.15, 0.2) is 29.9 Å². The van der Waals surface area contributed by atoms with Gasteiger partial charge in [-0.15, -0.1) is 22.9 Å². The van der Waals surface area contributed by atoms with Crippen molar-refractivity contribution in [3.8, 4) is 5.75 Å². The monoisotopic (exact) mass is 307 g/mol. The van der Waals surface area contributed by atoms with Crippen LogP contribution in [0, 0.1) is 0 Å². The molecule has 0 amide bonds. The summed E-state index contributed by atoms with van der Waals surface area (Å²) < 4.78 is 7.49. The van der Waals surface area contributed by atoms with Gasteiger partial charge in [-0.3, -0.25) is 4.98 Å². The highest BCUT2D eigenvalue weighted by molar-refractivity contribution is 7.09. The fourth-order valence-electron chi connectivity index (χ4n) is 2.21. The van der Waals surface area contributed by atoms with Crippen LogP contribution in [0.25, 0.3) is 11.0 Å². The van der Waals surface area contributed by atoms with E-state index in [1.54, 1.807) is 18.4 Å². The smallest absolute Gasteiger partial charge is 0.121 e. The molecule has 0 radical (unpaired) electrons. The standard InChI is InChI=1S/C14H14ClN3OS/c1-19-10-2-3-12-13(6-10)18(14(17-12)4-5-15)8-11-7-16-9-20-11/h2-3,6-7,9H,4-5,8H2,1H3. The Balaban J connectivity index is 2.11. The number of aromatic nitrogens is 3. The van der Waals surface area contributed by atoms with Gasteiger partial charge in [0.25, 0.3) is 0 Å². The molecule has 2 heterocycles. The second-order valence-electron chi connectivity index (χ2n) is 4.38. The number of hydrogen-bond acceptors (Lipinski definition) is 4. The van der Waals surface area contributed by atoms with Gasteiger partial charge in [-0.25, -0.2) is 4.98 Å². The lowest BCUT2D eigenvalue weighted by Crippen LogP contribution is -2.05. The first kappa shape index (κ1) is 13.4. The molecule has 0 spiro atoms. The number of hydrogen-bond donors (Lipinski definition) is 0. The normalized spacial score (nSPS) is 11.1. The highest BCUT2D eigenvalue weighted by atomic mass is 35.5. The zero-order valence-corrected chi connectivity index (χ0v) is 12.6. The number of alkyl halides is 1. The van der Waals surface area contributed by atoms with Gasteiger partial charge in [-0.1, -0.05) is 0 Å². The van der Waals surface area contributed by atoms with Crippen LogP contribution in [-0.4, -0.2) is 27.5 Å². The van der Waals surface area contributed by atoms with E-state index in [2.05, 4.69) is 14.5 Å². The SMILES string of the molecule is COc1ccc2nc(CCCl)n(Cc3cncs3)c2c1. The molecule has 0 aliphatic heterocycles. The van der Waals surface area contributed by atoms with Crippen molar-refractivity contribution in [1.82, 2.24) is 14.5 Å². The average Bonchev–Trinajstić information content (AvgIpc) is 3.08. The Labute approximate surface area is 126 Å². The number of imidazole rings is 1. The summed E-state index contributed by atoms with van der Waals surface area (Å²) in [7, 11) is 1.67. The van der Waals surface area contributed by atoms with Crippen LogP contribution in [0.5, 0.6) is 5.75 Å². The minimum absolute atomic E-state index is 0.559. The van der Waals surface area contributed by atoms with Crippen molar-refractivity contribution >= 4 is 34.0 Å². The van der Waals surface area contributed by atoms with Crippen molar-refractivity contribution < 1.29 is 4.74 Å². The van der Waals surface area contributed by atoms with E-state index in [-0.39, 0.29) is 0 Å². The minimum atomic E-state index is 0.559. The Morgan fingerprint density at radius 2 is 2.30 bits per heavy atom. The van der Waals surface area contributed by atoms with Gasteiger partial charge in [0.05, 0.1) is 30.2 Å². The van der Waals surface area contributed by atoms with E-state index in [1.807, 2.05) is 29.9 Å². The van der Waals surface area contributed by atoms with Crippen molar-refractivity contribution in [3.05, 3.63) is 40.6 Å². The summed E-state index contributed by atoms with van der Waals surface area (Å²) >= 11 is 7.53. The van der Waals surface area contributed by atoms with Gasteiger partial charge < -0.3 is 9.30 Å². The molecule has 4 nitrogen and oxygen atoms in total. The van der Waals surface area contributed by atoms with Gasteiger partial charge >= 0.3 is 0 Å². The van der Waals surface area contributed by atoms with Gasteiger partial charge in [-0.05, 0) is 12.1 Å². The van der Waals surface area contributed by atoms with Crippen molar-refractivity contribution in [3.63, 3.8) is 0 Å². The number of rotatable bonds is 5. The number of thiazole rings is 1. The number of nitrogens with zero attached hydrogens (tertiary/aromatic N) is 3. The van der Waals surface area contributed by atoms with E-state index >= 15 is 0 Å². The molecule has 1 aromatic carbocycles. The lowest BCUT2D eigenvalue weighted by Gasteiger charge is -2.07. The molecule has 0 saturated heterocycles. The van der Waals surface area contributed by atoms with Crippen LogP contribution >= 0.6 is 22.9 Å². The summed E-state index contributed by atoms with van der Waals surface area (Å²) in [5.74, 6) is 2.39. The summed E-state index contributed by atoms with van der Waals surface area (Å²) in [6, 6.07) is 5.92. The molecule has 3 aromatic rings. The first-order valence-electron chi connectivity index (χ1n) is 6.28. The molecule has 0 bridgehead atoms. The van der Waals surface area contributed by atoms with Gasteiger partial charge in [0.1, 0.15) is 11.6 Å². The Morgan fingerprint density at radius 1 is 1.40 bits per heavy atom.